The summed E-state index contributed by atoms with van der Waals surface area (Å²) < 4.78 is 5.61. The Morgan fingerprint density at radius 2 is 1.58 bits per heavy atom. The van der Waals surface area contributed by atoms with E-state index in [1.165, 1.54) is 0 Å². The fourth-order valence-electron chi connectivity index (χ4n) is 2.88. The zero-order valence-electron chi connectivity index (χ0n) is 14.4. The van der Waals surface area contributed by atoms with E-state index in [0.29, 0.717) is 6.54 Å². The molecule has 0 N–H and O–H groups in total. The molecule has 0 saturated heterocycles. The molecule has 124 valence electrons. The van der Waals surface area contributed by atoms with Gasteiger partial charge >= 0.3 is 6.09 Å². The molecule has 0 saturated carbocycles. The van der Waals surface area contributed by atoms with Crippen LogP contribution in [-0.4, -0.2) is 23.1 Å². The summed E-state index contributed by atoms with van der Waals surface area (Å²) >= 11 is 0. The Balaban J connectivity index is 1.92. The normalized spacial score (nSPS) is 17.5. The number of nitrogens with zero attached hydrogens (tertiary/aromatic N) is 1. The molecule has 24 heavy (non-hydrogen) atoms. The number of carbonyl (C=O) groups is 1. The summed E-state index contributed by atoms with van der Waals surface area (Å²) in [5.74, 6) is 0. The second-order valence-electron chi connectivity index (χ2n) is 7.02. The van der Waals surface area contributed by atoms with E-state index < -0.39 is 5.60 Å². The molecule has 1 aliphatic rings. The molecule has 1 amide bonds. The second-order valence-corrected chi connectivity index (χ2v) is 7.02. The van der Waals surface area contributed by atoms with Crippen molar-refractivity contribution in [3.63, 3.8) is 0 Å². The van der Waals surface area contributed by atoms with E-state index in [4.69, 9.17) is 4.74 Å². The van der Waals surface area contributed by atoms with Crippen molar-refractivity contribution in [1.29, 1.82) is 0 Å². The number of carbonyl (C=O) groups excluding carboxylic acids is 1. The molecule has 3 heteroatoms. The van der Waals surface area contributed by atoms with Gasteiger partial charge in [-0.05, 0) is 37.5 Å². The van der Waals surface area contributed by atoms with Crippen LogP contribution < -0.4 is 0 Å². The maximum Gasteiger partial charge on any atom is 0.411 e. The van der Waals surface area contributed by atoms with Crippen LogP contribution in [-0.2, 0) is 4.74 Å². The molecule has 0 bridgehead atoms. The summed E-state index contributed by atoms with van der Waals surface area (Å²) in [5, 5.41) is 0. The fourth-order valence-corrected chi connectivity index (χ4v) is 2.88. The topological polar surface area (TPSA) is 29.5 Å². The first kappa shape index (κ1) is 16.3. The van der Waals surface area contributed by atoms with Crippen LogP contribution in [0.3, 0.4) is 0 Å². The summed E-state index contributed by atoms with van der Waals surface area (Å²) in [7, 11) is 0. The lowest BCUT2D eigenvalue weighted by Gasteiger charge is -2.29. The van der Waals surface area contributed by atoms with E-state index >= 15 is 0 Å². The zero-order chi connectivity index (χ0) is 17.2. The molecule has 1 aliphatic heterocycles. The molecule has 0 spiro atoms. The molecule has 1 heterocycles. The van der Waals surface area contributed by atoms with Crippen molar-refractivity contribution in [3.8, 4) is 0 Å². The lowest BCUT2D eigenvalue weighted by atomic mass is 10.0. The number of ether oxygens (including phenoxy) is 1. The Labute approximate surface area is 143 Å². The minimum atomic E-state index is -0.506. The Kier molecular flexibility index (Phi) is 4.43. The number of benzene rings is 2. The SMILES string of the molecule is CC(C)(C)OC(=O)N1CC(c2ccccc2)=CC1c1ccccc1. The van der Waals surface area contributed by atoms with Crippen LogP contribution in [0.2, 0.25) is 0 Å². The molecule has 0 aliphatic carbocycles. The Hall–Kier alpha value is -2.55. The van der Waals surface area contributed by atoms with E-state index in [-0.39, 0.29) is 12.1 Å². The first-order valence-electron chi connectivity index (χ1n) is 8.25. The van der Waals surface area contributed by atoms with Crippen molar-refractivity contribution >= 4 is 11.7 Å². The first-order valence-corrected chi connectivity index (χ1v) is 8.25. The number of amides is 1. The largest absolute Gasteiger partial charge is 0.444 e. The molecule has 3 nitrogen and oxygen atoms in total. The number of hydrogen-bond acceptors (Lipinski definition) is 2. The summed E-state index contributed by atoms with van der Waals surface area (Å²) in [4.78, 5) is 14.5. The van der Waals surface area contributed by atoms with E-state index in [1.54, 1.807) is 4.90 Å². The Bertz CT molecular complexity index is 729. The van der Waals surface area contributed by atoms with Gasteiger partial charge in [-0.25, -0.2) is 4.79 Å². The Morgan fingerprint density at radius 1 is 1.00 bits per heavy atom. The molecule has 1 atom stereocenters. The predicted molar refractivity (Wildman–Crippen MR) is 96.5 cm³/mol. The third kappa shape index (κ3) is 3.67. The summed E-state index contributed by atoms with van der Waals surface area (Å²) in [6, 6.07) is 20.2. The maximum absolute atomic E-state index is 12.7. The average molecular weight is 321 g/mol. The summed E-state index contributed by atoms with van der Waals surface area (Å²) in [5.41, 5.74) is 2.88. The van der Waals surface area contributed by atoms with Crippen LogP contribution in [0, 0.1) is 0 Å². The smallest absolute Gasteiger partial charge is 0.411 e. The molecule has 0 fully saturated rings. The van der Waals surface area contributed by atoms with Gasteiger partial charge in [-0.3, -0.25) is 4.90 Å². The minimum Gasteiger partial charge on any atom is -0.444 e. The van der Waals surface area contributed by atoms with E-state index in [1.807, 2.05) is 69.3 Å². The molecule has 0 aromatic heterocycles. The van der Waals surface area contributed by atoms with Crippen molar-refractivity contribution in [2.45, 2.75) is 32.4 Å². The van der Waals surface area contributed by atoms with Crippen LogP contribution in [0.5, 0.6) is 0 Å². The molecule has 1 unspecified atom stereocenters. The standard InChI is InChI=1S/C21H23NO2/c1-21(2,3)24-20(23)22-15-18(16-10-6-4-7-11-16)14-19(22)17-12-8-5-9-13-17/h4-14,19H,15H2,1-3H3. The van der Waals surface area contributed by atoms with Crippen molar-refractivity contribution < 1.29 is 9.53 Å². The molecular formula is C21H23NO2. The van der Waals surface area contributed by atoms with Gasteiger partial charge in [-0.2, -0.15) is 0 Å². The molecule has 0 radical (unpaired) electrons. The molecule has 3 rings (SSSR count). The van der Waals surface area contributed by atoms with Crippen molar-refractivity contribution in [2.24, 2.45) is 0 Å². The lowest BCUT2D eigenvalue weighted by Crippen LogP contribution is -2.37. The quantitative estimate of drug-likeness (QED) is 0.773. The highest BCUT2D eigenvalue weighted by molar-refractivity contribution is 5.79. The fraction of sp³-hybridized carbons (Fsp3) is 0.286. The second kappa shape index (κ2) is 6.52. The highest BCUT2D eigenvalue weighted by atomic mass is 16.6. The van der Waals surface area contributed by atoms with Gasteiger partial charge < -0.3 is 4.74 Å². The van der Waals surface area contributed by atoms with Gasteiger partial charge in [0.05, 0.1) is 12.6 Å². The highest BCUT2D eigenvalue weighted by Gasteiger charge is 2.33. The molecular weight excluding hydrogens is 298 g/mol. The monoisotopic (exact) mass is 321 g/mol. The zero-order valence-corrected chi connectivity index (χ0v) is 14.4. The van der Waals surface area contributed by atoms with Crippen molar-refractivity contribution in [2.75, 3.05) is 6.54 Å². The maximum atomic E-state index is 12.7. The van der Waals surface area contributed by atoms with Gasteiger partial charge in [0, 0.05) is 0 Å². The molecule has 2 aromatic rings. The third-order valence-electron chi connectivity index (χ3n) is 3.95. The summed E-state index contributed by atoms with van der Waals surface area (Å²) in [6.45, 7) is 6.23. The lowest BCUT2D eigenvalue weighted by molar-refractivity contribution is 0.0242. The number of rotatable bonds is 2. The van der Waals surface area contributed by atoms with Gasteiger partial charge in [-0.15, -0.1) is 0 Å². The predicted octanol–water partition coefficient (Wildman–Crippen LogP) is 5.06. The van der Waals surface area contributed by atoms with Crippen LogP contribution in [0.1, 0.15) is 37.9 Å². The van der Waals surface area contributed by atoms with Crippen molar-refractivity contribution in [3.05, 3.63) is 77.9 Å². The van der Waals surface area contributed by atoms with E-state index in [9.17, 15) is 4.79 Å². The minimum absolute atomic E-state index is 0.101. The van der Waals surface area contributed by atoms with Gasteiger partial charge in [-0.1, -0.05) is 66.7 Å². The first-order chi connectivity index (χ1) is 11.4. The van der Waals surface area contributed by atoms with Gasteiger partial charge in [0.1, 0.15) is 5.60 Å². The van der Waals surface area contributed by atoms with Crippen LogP contribution in [0.25, 0.3) is 5.57 Å². The van der Waals surface area contributed by atoms with E-state index in [0.717, 1.165) is 16.7 Å². The van der Waals surface area contributed by atoms with Crippen molar-refractivity contribution in [1.82, 2.24) is 4.90 Å². The van der Waals surface area contributed by atoms with Gasteiger partial charge in [0.15, 0.2) is 0 Å². The molecule has 2 aromatic carbocycles. The van der Waals surface area contributed by atoms with Gasteiger partial charge in [0.25, 0.3) is 0 Å². The third-order valence-corrected chi connectivity index (χ3v) is 3.95. The van der Waals surface area contributed by atoms with Crippen LogP contribution in [0.4, 0.5) is 4.79 Å². The van der Waals surface area contributed by atoms with Gasteiger partial charge in [0.2, 0.25) is 0 Å². The Morgan fingerprint density at radius 3 is 2.17 bits per heavy atom. The summed E-state index contributed by atoms with van der Waals surface area (Å²) in [6.07, 6.45) is 1.88. The van der Waals surface area contributed by atoms with Crippen LogP contribution >= 0.6 is 0 Å². The van der Waals surface area contributed by atoms with Crippen LogP contribution in [0.15, 0.2) is 66.7 Å². The highest BCUT2D eigenvalue weighted by Crippen LogP contribution is 2.35. The average Bonchev–Trinajstić information content (AvgIpc) is 3.00. The number of hydrogen-bond donors (Lipinski definition) is 0. The van der Waals surface area contributed by atoms with E-state index in [2.05, 4.69) is 18.2 Å².